The van der Waals surface area contributed by atoms with E-state index in [0.717, 1.165) is 0 Å². The van der Waals surface area contributed by atoms with Crippen LogP contribution in [0.4, 0.5) is 0 Å². The van der Waals surface area contributed by atoms with Gasteiger partial charge in [0, 0.05) is 25.4 Å². The molecule has 1 saturated heterocycles. The lowest BCUT2D eigenvalue weighted by molar-refractivity contribution is -0.143. The molecule has 11 heteroatoms. The number of oxazole rings is 1. The molecular weight excluding hydrogens is 510 g/mol. The van der Waals surface area contributed by atoms with E-state index in [-0.39, 0.29) is 18.1 Å². The molecule has 4 rings (SSSR count). The Balaban J connectivity index is 1.75. The van der Waals surface area contributed by atoms with E-state index in [1.165, 1.54) is 4.90 Å². The highest BCUT2D eigenvalue weighted by atomic mass is 32.2. The van der Waals surface area contributed by atoms with E-state index in [0.29, 0.717) is 43.0 Å². The zero-order valence-electron chi connectivity index (χ0n) is 21.2. The lowest BCUT2D eigenvalue weighted by Crippen LogP contribution is -2.54. The molecule has 0 saturated carbocycles. The number of Topliss-reactive ketones (excluding diaryl/α,β-unsaturated/α-hetero) is 1. The van der Waals surface area contributed by atoms with Crippen molar-refractivity contribution in [1.82, 2.24) is 9.88 Å². The minimum atomic E-state index is -4.01. The van der Waals surface area contributed by atoms with Crippen LogP contribution in [-0.2, 0) is 29.9 Å². The number of amides is 2. The van der Waals surface area contributed by atoms with Crippen LogP contribution >= 0.6 is 0 Å². The number of hydrogen-bond acceptors (Lipinski definition) is 8. The van der Waals surface area contributed by atoms with Gasteiger partial charge in [0.05, 0.1) is 30.1 Å². The molecule has 3 aromatic rings. The van der Waals surface area contributed by atoms with E-state index in [1.54, 1.807) is 61.5 Å². The van der Waals surface area contributed by atoms with Gasteiger partial charge in [-0.2, -0.15) is 0 Å². The van der Waals surface area contributed by atoms with Crippen molar-refractivity contribution in [3.05, 3.63) is 66.1 Å². The second-order valence-corrected chi connectivity index (χ2v) is 11.6. The van der Waals surface area contributed by atoms with Crippen LogP contribution in [0, 0.1) is 11.3 Å². The van der Waals surface area contributed by atoms with Gasteiger partial charge in [-0.15, -0.1) is 0 Å². The van der Waals surface area contributed by atoms with Crippen LogP contribution in [0.5, 0.6) is 0 Å². The van der Waals surface area contributed by atoms with Gasteiger partial charge in [0.1, 0.15) is 5.52 Å². The predicted molar refractivity (Wildman–Crippen MR) is 140 cm³/mol. The smallest absolute Gasteiger partial charge is 0.264 e. The largest absolute Gasteiger partial charge is 0.434 e. The number of morpholine rings is 1. The zero-order valence-corrected chi connectivity index (χ0v) is 22.0. The van der Waals surface area contributed by atoms with Gasteiger partial charge in [-0.25, -0.2) is 13.4 Å². The molecule has 2 N–H and O–H groups in total. The van der Waals surface area contributed by atoms with Gasteiger partial charge in [0.15, 0.2) is 15.4 Å². The van der Waals surface area contributed by atoms with Gasteiger partial charge in [-0.3, -0.25) is 14.4 Å². The number of aromatic nitrogens is 1. The number of hydrogen-bond donors (Lipinski definition) is 1. The second kappa shape index (κ2) is 11.4. The fourth-order valence-electron chi connectivity index (χ4n) is 5.02. The highest BCUT2D eigenvalue weighted by molar-refractivity contribution is 7.90. The number of nitrogens with two attached hydrogens (primary N) is 1. The summed E-state index contributed by atoms with van der Waals surface area (Å²) in [5, 5.41) is 0. The van der Waals surface area contributed by atoms with Crippen LogP contribution in [0.3, 0.4) is 0 Å². The van der Waals surface area contributed by atoms with Crippen molar-refractivity contribution in [2.45, 2.75) is 25.5 Å². The summed E-state index contributed by atoms with van der Waals surface area (Å²) in [6.07, 6.45) is -0.501. The first-order valence-corrected chi connectivity index (χ1v) is 14.3. The number of para-hydroxylation sites is 2. The average molecular weight is 542 g/mol. The molecule has 1 aliphatic heterocycles. The Morgan fingerprint density at radius 2 is 1.71 bits per heavy atom. The number of nitrogens with zero attached hydrogens (tertiary/aromatic N) is 2. The fraction of sp³-hybridized carbons (Fsp3) is 0.407. The number of carbonyl (C=O) groups is 3. The van der Waals surface area contributed by atoms with Gasteiger partial charge >= 0.3 is 0 Å². The maximum atomic E-state index is 13.8. The van der Waals surface area contributed by atoms with Crippen LogP contribution < -0.4 is 5.73 Å². The molecule has 2 amide bonds. The highest BCUT2D eigenvalue weighted by Crippen LogP contribution is 2.39. The minimum absolute atomic E-state index is 0.0394. The average Bonchev–Trinajstić information content (AvgIpc) is 3.34. The maximum absolute atomic E-state index is 13.8. The Morgan fingerprint density at radius 1 is 1.05 bits per heavy atom. The van der Waals surface area contributed by atoms with Crippen molar-refractivity contribution >= 4 is 38.5 Å². The number of benzene rings is 2. The lowest BCUT2D eigenvalue weighted by Gasteiger charge is -2.38. The summed E-state index contributed by atoms with van der Waals surface area (Å²) in [5.41, 5.74) is 5.23. The molecule has 2 aromatic carbocycles. The maximum Gasteiger partial charge on any atom is 0.264 e. The minimum Gasteiger partial charge on any atom is -0.434 e. The zero-order chi connectivity index (χ0) is 27.3. The van der Waals surface area contributed by atoms with Crippen LogP contribution in [0.1, 0.15) is 36.0 Å². The normalized spacial score (nSPS) is 16.6. The number of rotatable bonds is 11. The monoisotopic (exact) mass is 541 g/mol. The van der Waals surface area contributed by atoms with Gasteiger partial charge in [-0.05, 0) is 24.1 Å². The van der Waals surface area contributed by atoms with E-state index < -0.39 is 50.9 Å². The number of carbonyl (C=O) groups excluding carboxylic acids is 3. The molecule has 0 spiro atoms. The van der Waals surface area contributed by atoms with Crippen LogP contribution in [0.25, 0.3) is 11.1 Å². The molecule has 0 radical (unpaired) electrons. The summed E-state index contributed by atoms with van der Waals surface area (Å²) in [6.45, 7) is 2.87. The molecular formula is C27H31N3O7S. The van der Waals surface area contributed by atoms with Crippen molar-refractivity contribution in [2.75, 3.05) is 32.1 Å². The van der Waals surface area contributed by atoms with Crippen molar-refractivity contribution in [2.24, 2.45) is 17.1 Å². The molecule has 0 bridgehead atoms. The summed E-state index contributed by atoms with van der Waals surface area (Å²) in [6, 6.07) is 15.3. The van der Waals surface area contributed by atoms with Gasteiger partial charge in [0.25, 0.3) is 5.89 Å². The molecule has 202 valence electrons. The van der Waals surface area contributed by atoms with Crippen LogP contribution in [0.2, 0.25) is 0 Å². The van der Waals surface area contributed by atoms with Crippen LogP contribution in [0.15, 0.2) is 59.0 Å². The van der Waals surface area contributed by atoms with E-state index in [2.05, 4.69) is 4.98 Å². The summed E-state index contributed by atoms with van der Waals surface area (Å²) in [4.78, 5) is 46.2. The Labute approximate surface area is 221 Å². The van der Waals surface area contributed by atoms with E-state index in [1.807, 2.05) is 0 Å². The van der Waals surface area contributed by atoms with Crippen molar-refractivity contribution in [1.29, 1.82) is 0 Å². The Kier molecular flexibility index (Phi) is 8.27. The molecule has 10 nitrogen and oxygen atoms in total. The fourth-order valence-corrected chi connectivity index (χ4v) is 7.06. The quantitative estimate of drug-likeness (QED) is 0.364. The summed E-state index contributed by atoms with van der Waals surface area (Å²) < 4.78 is 38.0. The highest BCUT2D eigenvalue weighted by Gasteiger charge is 2.52. The molecule has 1 fully saturated rings. The lowest BCUT2D eigenvalue weighted by atomic mass is 9.69. The number of fused-ring (bicyclic) bond motifs is 1. The van der Waals surface area contributed by atoms with Gasteiger partial charge < -0.3 is 19.8 Å². The number of ether oxygens (including phenoxy) is 1. The standard InChI is InChI=1S/C27H31N3O7S/c1-2-20(24(32)25-29-21-10-6-7-11-22(21)37-25)27(26(28)33,16-23(31)30-12-14-36-15-13-30)18-38(34,35)17-19-8-4-3-5-9-19/h3-11,20H,2,12-18H2,1H3,(H2,28,33)/t20?,27-/m0/s1. The third-order valence-corrected chi connectivity index (χ3v) is 8.65. The first kappa shape index (κ1) is 27.5. The molecule has 1 aliphatic rings. The van der Waals surface area contributed by atoms with E-state index in [4.69, 9.17) is 14.9 Å². The van der Waals surface area contributed by atoms with E-state index in [9.17, 15) is 22.8 Å². The number of ketones is 1. The summed E-state index contributed by atoms with van der Waals surface area (Å²) >= 11 is 0. The first-order valence-electron chi connectivity index (χ1n) is 12.4. The Hall–Kier alpha value is -3.57. The SMILES string of the molecule is CCC(C(=O)c1nc2ccccc2o1)[C@](CC(=O)N1CCOCC1)(CS(=O)(=O)Cc1ccccc1)C(N)=O. The summed E-state index contributed by atoms with van der Waals surface area (Å²) in [7, 11) is -4.01. The van der Waals surface area contributed by atoms with Gasteiger partial charge in [-0.1, -0.05) is 49.4 Å². The second-order valence-electron chi connectivity index (χ2n) is 9.52. The Bertz CT molecular complexity index is 1380. The molecule has 1 unspecified atom stereocenters. The first-order chi connectivity index (χ1) is 18.1. The predicted octanol–water partition coefficient (Wildman–Crippen LogP) is 2.37. The van der Waals surface area contributed by atoms with E-state index >= 15 is 0 Å². The van der Waals surface area contributed by atoms with Crippen molar-refractivity contribution in [3.8, 4) is 0 Å². The molecule has 2 heterocycles. The van der Waals surface area contributed by atoms with Crippen molar-refractivity contribution in [3.63, 3.8) is 0 Å². The van der Waals surface area contributed by atoms with Crippen molar-refractivity contribution < 1.29 is 32.0 Å². The molecule has 2 atom stereocenters. The number of sulfone groups is 1. The number of primary amides is 1. The Morgan fingerprint density at radius 3 is 2.34 bits per heavy atom. The van der Waals surface area contributed by atoms with Gasteiger partial charge in [0.2, 0.25) is 17.6 Å². The molecule has 0 aliphatic carbocycles. The summed E-state index contributed by atoms with van der Waals surface area (Å²) in [5.74, 6) is -4.84. The topological polar surface area (TPSA) is 150 Å². The third-order valence-electron chi connectivity index (χ3n) is 6.92. The molecule has 1 aromatic heterocycles. The van der Waals surface area contributed by atoms with Crippen LogP contribution in [-0.4, -0.2) is 68.0 Å². The molecule has 38 heavy (non-hydrogen) atoms. The third kappa shape index (κ3) is 5.94.